The third-order valence-corrected chi connectivity index (χ3v) is 2.43. The molecule has 0 saturated carbocycles. The van der Waals surface area contributed by atoms with Crippen LogP contribution >= 0.6 is 0 Å². The van der Waals surface area contributed by atoms with Crippen LogP contribution in [-0.4, -0.2) is 16.9 Å². The molecular weight excluding hydrogens is 190 g/mol. The fourth-order valence-electron chi connectivity index (χ4n) is 1.62. The first-order chi connectivity index (χ1) is 7.13. The molecule has 0 radical (unpaired) electrons. The van der Waals surface area contributed by atoms with Crippen molar-refractivity contribution in [3.63, 3.8) is 0 Å². The lowest BCUT2D eigenvalue weighted by molar-refractivity contribution is 0.415. The van der Waals surface area contributed by atoms with Crippen LogP contribution in [0.1, 0.15) is 19.9 Å². The molecule has 0 amide bonds. The average molecular weight is 205 g/mol. The minimum absolute atomic E-state index is 0.267. The molecule has 0 aliphatic rings. The molecule has 80 valence electrons. The van der Waals surface area contributed by atoms with E-state index in [2.05, 4.69) is 18.9 Å². The SMILES string of the molecule is COc1ccc2c(N)n(C(C)C)nc2c1. The molecule has 2 rings (SSSR count). The zero-order valence-electron chi connectivity index (χ0n) is 9.19. The number of aromatic nitrogens is 2. The van der Waals surface area contributed by atoms with Gasteiger partial charge in [-0.1, -0.05) is 0 Å². The van der Waals surface area contributed by atoms with Gasteiger partial charge in [0.05, 0.1) is 12.6 Å². The summed E-state index contributed by atoms with van der Waals surface area (Å²) in [6.45, 7) is 4.11. The predicted molar refractivity (Wildman–Crippen MR) is 61.1 cm³/mol. The molecule has 0 unspecified atom stereocenters. The summed E-state index contributed by atoms with van der Waals surface area (Å²) in [5, 5.41) is 5.41. The Morgan fingerprint density at radius 2 is 2.13 bits per heavy atom. The van der Waals surface area contributed by atoms with E-state index in [1.807, 2.05) is 22.9 Å². The Bertz CT molecular complexity index is 488. The van der Waals surface area contributed by atoms with Crippen LogP contribution < -0.4 is 10.5 Å². The number of methoxy groups -OCH3 is 1. The van der Waals surface area contributed by atoms with Crippen LogP contribution in [0, 0.1) is 0 Å². The molecule has 4 heteroatoms. The molecule has 0 atom stereocenters. The third kappa shape index (κ3) is 1.52. The van der Waals surface area contributed by atoms with Crippen molar-refractivity contribution in [1.29, 1.82) is 0 Å². The van der Waals surface area contributed by atoms with Crippen molar-refractivity contribution >= 4 is 16.7 Å². The summed E-state index contributed by atoms with van der Waals surface area (Å²) >= 11 is 0. The van der Waals surface area contributed by atoms with Gasteiger partial charge in [0.2, 0.25) is 0 Å². The van der Waals surface area contributed by atoms with Crippen LogP contribution in [-0.2, 0) is 0 Å². The van der Waals surface area contributed by atoms with Gasteiger partial charge in [0, 0.05) is 17.5 Å². The summed E-state index contributed by atoms with van der Waals surface area (Å²) in [7, 11) is 1.64. The van der Waals surface area contributed by atoms with Crippen LogP contribution in [0.2, 0.25) is 0 Å². The Morgan fingerprint density at radius 3 is 2.73 bits per heavy atom. The molecule has 15 heavy (non-hydrogen) atoms. The zero-order valence-corrected chi connectivity index (χ0v) is 9.19. The lowest BCUT2D eigenvalue weighted by Gasteiger charge is -2.06. The molecule has 1 aromatic heterocycles. The van der Waals surface area contributed by atoms with Crippen molar-refractivity contribution in [2.75, 3.05) is 12.8 Å². The zero-order chi connectivity index (χ0) is 11.0. The predicted octanol–water partition coefficient (Wildman–Crippen LogP) is 2.21. The fraction of sp³-hybridized carbons (Fsp3) is 0.364. The highest BCUT2D eigenvalue weighted by atomic mass is 16.5. The molecule has 1 aromatic carbocycles. The van der Waals surface area contributed by atoms with Crippen molar-refractivity contribution in [3.8, 4) is 5.75 Å². The number of rotatable bonds is 2. The maximum absolute atomic E-state index is 5.99. The Hall–Kier alpha value is -1.71. The van der Waals surface area contributed by atoms with Crippen molar-refractivity contribution in [2.45, 2.75) is 19.9 Å². The maximum atomic E-state index is 5.99. The van der Waals surface area contributed by atoms with E-state index in [1.165, 1.54) is 0 Å². The standard InChI is InChI=1S/C11H15N3O/c1-7(2)14-11(12)9-5-4-8(15-3)6-10(9)13-14/h4-7H,12H2,1-3H3. The monoisotopic (exact) mass is 205 g/mol. The molecule has 0 aliphatic heterocycles. The molecule has 1 heterocycles. The number of nitrogens with two attached hydrogens (primary N) is 1. The van der Waals surface area contributed by atoms with E-state index in [0.29, 0.717) is 5.82 Å². The lowest BCUT2D eigenvalue weighted by atomic mass is 10.2. The maximum Gasteiger partial charge on any atom is 0.129 e. The van der Waals surface area contributed by atoms with Gasteiger partial charge in [-0.3, -0.25) is 0 Å². The van der Waals surface area contributed by atoms with Crippen molar-refractivity contribution in [1.82, 2.24) is 9.78 Å². The number of nitrogens with zero attached hydrogens (tertiary/aromatic N) is 2. The van der Waals surface area contributed by atoms with Crippen molar-refractivity contribution in [2.24, 2.45) is 0 Å². The molecule has 0 bridgehead atoms. The molecule has 0 aliphatic carbocycles. The highest BCUT2D eigenvalue weighted by molar-refractivity contribution is 5.89. The minimum Gasteiger partial charge on any atom is -0.497 e. The Kier molecular flexibility index (Phi) is 2.26. The second-order valence-electron chi connectivity index (χ2n) is 3.81. The number of nitrogen functional groups attached to an aromatic ring is 1. The topological polar surface area (TPSA) is 53.1 Å². The largest absolute Gasteiger partial charge is 0.497 e. The van der Waals surface area contributed by atoms with Crippen LogP contribution in [0.15, 0.2) is 18.2 Å². The van der Waals surface area contributed by atoms with Gasteiger partial charge in [0.1, 0.15) is 11.6 Å². The summed E-state index contributed by atoms with van der Waals surface area (Å²) < 4.78 is 6.97. The fourth-order valence-corrected chi connectivity index (χ4v) is 1.62. The first-order valence-electron chi connectivity index (χ1n) is 4.95. The molecule has 0 saturated heterocycles. The smallest absolute Gasteiger partial charge is 0.129 e. The van der Waals surface area contributed by atoms with E-state index >= 15 is 0 Å². The van der Waals surface area contributed by atoms with Gasteiger partial charge in [-0.15, -0.1) is 0 Å². The quantitative estimate of drug-likeness (QED) is 0.817. The second-order valence-corrected chi connectivity index (χ2v) is 3.81. The van der Waals surface area contributed by atoms with Gasteiger partial charge in [-0.2, -0.15) is 5.10 Å². The molecule has 0 fully saturated rings. The number of hydrogen-bond acceptors (Lipinski definition) is 3. The molecule has 2 N–H and O–H groups in total. The van der Waals surface area contributed by atoms with E-state index in [-0.39, 0.29) is 6.04 Å². The highest BCUT2D eigenvalue weighted by Gasteiger charge is 2.10. The van der Waals surface area contributed by atoms with Crippen molar-refractivity contribution < 1.29 is 4.74 Å². The number of anilines is 1. The normalized spacial score (nSPS) is 11.2. The average Bonchev–Trinajstić information content (AvgIpc) is 2.55. The van der Waals surface area contributed by atoms with Gasteiger partial charge < -0.3 is 10.5 Å². The van der Waals surface area contributed by atoms with Gasteiger partial charge in [-0.05, 0) is 26.0 Å². The Morgan fingerprint density at radius 1 is 1.40 bits per heavy atom. The summed E-state index contributed by atoms with van der Waals surface area (Å²) in [4.78, 5) is 0. The summed E-state index contributed by atoms with van der Waals surface area (Å²) in [5.74, 6) is 1.51. The second kappa shape index (κ2) is 3.46. The number of ether oxygens (including phenoxy) is 1. The van der Waals surface area contributed by atoms with Crippen molar-refractivity contribution in [3.05, 3.63) is 18.2 Å². The molecule has 0 spiro atoms. The molecule has 4 nitrogen and oxygen atoms in total. The highest BCUT2D eigenvalue weighted by Crippen LogP contribution is 2.26. The molecule has 2 aromatic rings. The number of fused-ring (bicyclic) bond motifs is 1. The van der Waals surface area contributed by atoms with Gasteiger partial charge >= 0.3 is 0 Å². The van der Waals surface area contributed by atoms with Crippen LogP contribution in [0.4, 0.5) is 5.82 Å². The Labute approximate surface area is 88.6 Å². The van der Waals surface area contributed by atoms with Crippen LogP contribution in [0.25, 0.3) is 10.9 Å². The summed E-state index contributed by atoms with van der Waals surface area (Å²) in [5.41, 5.74) is 6.87. The van der Waals surface area contributed by atoms with E-state index in [4.69, 9.17) is 10.5 Å². The molecular formula is C11H15N3O. The van der Waals surface area contributed by atoms with Gasteiger partial charge in [-0.25, -0.2) is 4.68 Å². The number of benzene rings is 1. The number of hydrogen-bond donors (Lipinski definition) is 1. The van der Waals surface area contributed by atoms with Gasteiger partial charge in [0.15, 0.2) is 0 Å². The van der Waals surface area contributed by atoms with Crippen LogP contribution in [0.5, 0.6) is 5.75 Å². The summed E-state index contributed by atoms with van der Waals surface area (Å²) in [6, 6.07) is 5.99. The minimum atomic E-state index is 0.267. The Balaban J connectivity index is 2.65. The first-order valence-corrected chi connectivity index (χ1v) is 4.95. The van der Waals surface area contributed by atoms with Gasteiger partial charge in [0.25, 0.3) is 0 Å². The van der Waals surface area contributed by atoms with E-state index in [9.17, 15) is 0 Å². The van der Waals surface area contributed by atoms with Crippen LogP contribution in [0.3, 0.4) is 0 Å². The van der Waals surface area contributed by atoms with E-state index in [1.54, 1.807) is 7.11 Å². The first kappa shape index (κ1) is 9.83. The summed E-state index contributed by atoms with van der Waals surface area (Å²) in [6.07, 6.45) is 0. The van der Waals surface area contributed by atoms with E-state index < -0.39 is 0 Å². The third-order valence-electron chi connectivity index (χ3n) is 2.43. The lowest BCUT2D eigenvalue weighted by Crippen LogP contribution is -2.06. The van der Waals surface area contributed by atoms with E-state index in [0.717, 1.165) is 16.7 Å².